The summed E-state index contributed by atoms with van der Waals surface area (Å²) in [7, 11) is 0. The van der Waals surface area contributed by atoms with Gasteiger partial charge in [0.25, 0.3) is 0 Å². The molecular formula is C15H17F3O5. The molecule has 0 spiro atoms. The number of rotatable bonds is 6. The van der Waals surface area contributed by atoms with Gasteiger partial charge < -0.3 is 14.2 Å². The minimum absolute atomic E-state index is 0.000661. The molecule has 0 bridgehead atoms. The Hall–Kier alpha value is -2.25. The first-order chi connectivity index (χ1) is 10.7. The van der Waals surface area contributed by atoms with Gasteiger partial charge in [-0.15, -0.1) is 0 Å². The molecule has 23 heavy (non-hydrogen) atoms. The molecule has 0 heterocycles. The van der Waals surface area contributed by atoms with Crippen LogP contribution in [-0.2, 0) is 14.2 Å². The highest BCUT2D eigenvalue weighted by molar-refractivity contribution is 5.89. The van der Waals surface area contributed by atoms with E-state index in [1.807, 2.05) is 0 Å². The highest BCUT2D eigenvalue weighted by Gasteiger charge is 2.44. The predicted octanol–water partition coefficient (Wildman–Crippen LogP) is 3.73. The van der Waals surface area contributed by atoms with Crippen molar-refractivity contribution in [2.24, 2.45) is 0 Å². The van der Waals surface area contributed by atoms with Gasteiger partial charge in [-0.1, -0.05) is 18.2 Å². The Labute approximate surface area is 131 Å². The smallest absolute Gasteiger partial charge is 0.449 e. The Bertz CT molecular complexity index is 516. The molecule has 0 aliphatic heterocycles. The summed E-state index contributed by atoms with van der Waals surface area (Å²) >= 11 is 0. The maximum Gasteiger partial charge on any atom is 0.508 e. The molecular weight excluding hydrogens is 317 g/mol. The van der Waals surface area contributed by atoms with Crippen LogP contribution in [0.3, 0.4) is 0 Å². The number of halogens is 3. The Balaban J connectivity index is 2.70. The fraction of sp³-hybridized carbons (Fsp3) is 0.467. The molecule has 0 fully saturated rings. The fourth-order valence-corrected chi connectivity index (χ4v) is 1.69. The lowest BCUT2D eigenvalue weighted by Gasteiger charge is -2.23. The minimum Gasteiger partial charge on any atom is -0.449 e. The molecule has 0 saturated carbocycles. The topological polar surface area (TPSA) is 61.8 Å². The van der Waals surface area contributed by atoms with E-state index in [4.69, 9.17) is 0 Å². The van der Waals surface area contributed by atoms with Gasteiger partial charge in [-0.05, 0) is 26.0 Å². The number of alkyl halides is 3. The fourth-order valence-electron chi connectivity index (χ4n) is 1.69. The van der Waals surface area contributed by atoms with Crippen LogP contribution in [0.15, 0.2) is 30.3 Å². The van der Waals surface area contributed by atoms with Gasteiger partial charge in [-0.25, -0.2) is 9.59 Å². The first kappa shape index (κ1) is 18.8. The van der Waals surface area contributed by atoms with Crippen LogP contribution in [0.5, 0.6) is 0 Å². The van der Waals surface area contributed by atoms with Crippen LogP contribution in [0.2, 0.25) is 0 Å². The van der Waals surface area contributed by atoms with E-state index in [0.717, 1.165) is 0 Å². The van der Waals surface area contributed by atoms with E-state index in [1.54, 1.807) is 6.07 Å². The van der Waals surface area contributed by atoms with Crippen LogP contribution in [0.25, 0.3) is 0 Å². The molecule has 8 heteroatoms. The van der Waals surface area contributed by atoms with Crippen LogP contribution in [0.1, 0.15) is 30.6 Å². The average molecular weight is 334 g/mol. The first-order valence-corrected chi connectivity index (χ1v) is 6.90. The second-order valence-electron chi connectivity index (χ2n) is 4.65. The van der Waals surface area contributed by atoms with E-state index < -0.39 is 36.9 Å². The van der Waals surface area contributed by atoms with E-state index in [2.05, 4.69) is 14.2 Å². The average Bonchev–Trinajstić information content (AvgIpc) is 2.46. The van der Waals surface area contributed by atoms with Crippen LogP contribution < -0.4 is 0 Å². The van der Waals surface area contributed by atoms with Crippen LogP contribution in [0, 0.1) is 0 Å². The van der Waals surface area contributed by atoms with Crippen molar-refractivity contribution >= 4 is 12.1 Å². The summed E-state index contributed by atoms with van der Waals surface area (Å²) in [6.45, 7) is 2.83. The Morgan fingerprint density at radius 2 is 1.74 bits per heavy atom. The summed E-state index contributed by atoms with van der Waals surface area (Å²) in [6.07, 6.45) is -10.1. The van der Waals surface area contributed by atoms with Crippen molar-refractivity contribution in [1.29, 1.82) is 0 Å². The lowest BCUT2D eigenvalue weighted by molar-refractivity contribution is -0.211. The molecule has 0 aliphatic rings. The van der Waals surface area contributed by atoms with E-state index in [-0.39, 0.29) is 12.2 Å². The molecule has 0 N–H and O–H groups in total. The van der Waals surface area contributed by atoms with E-state index in [1.165, 1.54) is 38.1 Å². The number of hydrogen-bond acceptors (Lipinski definition) is 5. The zero-order valence-corrected chi connectivity index (χ0v) is 12.6. The number of esters is 1. The molecule has 2 atom stereocenters. The monoisotopic (exact) mass is 334 g/mol. The van der Waals surface area contributed by atoms with Gasteiger partial charge >= 0.3 is 18.3 Å². The van der Waals surface area contributed by atoms with Crippen LogP contribution >= 0.6 is 0 Å². The zero-order chi connectivity index (χ0) is 17.5. The molecule has 1 aromatic carbocycles. The molecule has 0 aromatic heterocycles. The van der Waals surface area contributed by atoms with Crippen LogP contribution in [0.4, 0.5) is 18.0 Å². The second kappa shape index (κ2) is 8.40. The van der Waals surface area contributed by atoms with Crippen molar-refractivity contribution in [3.05, 3.63) is 35.9 Å². The Kier molecular flexibility index (Phi) is 6.87. The SMILES string of the molecule is CCOC(=O)OC(C)CC(OC(=O)c1ccccc1)C(F)(F)F. The molecule has 2 unspecified atom stereocenters. The maximum atomic E-state index is 13.0. The number of benzene rings is 1. The van der Waals surface area contributed by atoms with Crippen molar-refractivity contribution in [2.45, 2.75) is 38.7 Å². The van der Waals surface area contributed by atoms with Gasteiger partial charge in [-0.2, -0.15) is 13.2 Å². The van der Waals surface area contributed by atoms with E-state index in [9.17, 15) is 22.8 Å². The van der Waals surface area contributed by atoms with Crippen molar-refractivity contribution in [3.8, 4) is 0 Å². The molecule has 0 saturated heterocycles. The highest BCUT2D eigenvalue weighted by Crippen LogP contribution is 2.28. The molecule has 1 rings (SSSR count). The van der Waals surface area contributed by atoms with E-state index >= 15 is 0 Å². The maximum absolute atomic E-state index is 13.0. The molecule has 0 amide bonds. The van der Waals surface area contributed by atoms with Crippen LogP contribution in [-0.4, -0.2) is 37.1 Å². The normalized spacial score (nSPS) is 13.8. The zero-order valence-electron chi connectivity index (χ0n) is 12.6. The molecule has 0 aliphatic carbocycles. The third-order valence-corrected chi connectivity index (χ3v) is 2.73. The second-order valence-corrected chi connectivity index (χ2v) is 4.65. The molecule has 0 radical (unpaired) electrons. The largest absolute Gasteiger partial charge is 0.508 e. The number of carbonyl (C=O) groups excluding carboxylic acids is 2. The number of ether oxygens (including phenoxy) is 3. The van der Waals surface area contributed by atoms with Gasteiger partial charge in [0.2, 0.25) is 6.10 Å². The van der Waals surface area contributed by atoms with Gasteiger partial charge in [0.05, 0.1) is 12.2 Å². The minimum atomic E-state index is -4.78. The lowest BCUT2D eigenvalue weighted by atomic mass is 10.1. The summed E-state index contributed by atoms with van der Waals surface area (Å²) in [5.74, 6) is -1.10. The lowest BCUT2D eigenvalue weighted by Crippen LogP contribution is -2.37. The number of hydrogen-bond donors (Lipinski definition) is 0. The summed E-state index contributed by atoms with van der Waals surface area (Å²) in [4.78, 5) is 22.8. The molecule has 128 valence electrons. The highest BCUT2D eigenvalue weighted by atomic mass is 19.4. The summed E-state index contributed by atoms with van der Waals surface area (Å²) in [5.41, 5.74) is 0.000661. The van der Waals surface area contributed by atoms with Crippen molar-refractivity contribution in [3.63, 3.8) is 0 Å². The van der Waals surface area contributed by atoms with Crippen molar-refractivity contribution in [2.75, 3.05) is 6.61 Å². The Morgan fingerprint density at radius 1 is 1.13 bits per heavy atom. The molecule has 5 nitrogen and oxygen atoms in total. The quantitative estimate of drug-likeness (QED) is 0.742. The number of carbonyl (C=O) groups is 2. The summed E-state index contributed by atoms with van der Waals surface area (Å²) in [6, 6.07) is 7.31. The Morgan fingerprint density at radius 3 is 2.26 bits per heavy atom. The summed E-state index contributed by atoms with van der Waals surface area (Å²) < 4.78 is 52.6. The first-order valence-electron chi connectivity index (χ1n) is 6.90. The molecule has 1 aromatic rings. The van der Waals surface area contributed by atoms with E-state index in [0.29, 0.717) is 0 Å². The van der Waals surface area contributed by atoms with Crippen molar-refractivity contribution < 1.29 is 37.0 Å². The standard InChI is InChI=1S/C15H17F3O5/c1-3-21-14(20)22-10(2)9-12(15(16,17)18)23-13(19)11-7-5-4-6-8-11/h4-8,10,12H,3,9H2,1-2H3. The van der Waals surface area contributed by atoms with Gasteiger partial charge in [0, 0.05) is 6.42 Å². The third-order valence-electron chi connectivity index (χ3n) is 2.73. The van der Waals surface area contributed by atoms with Gasteiger partial charge in [0.1, 0.15) is 6.10 Å². The van der Waals surface area contributed by atoms with Gasteiger partial charge in [-0.3, -0.25) is 0 Å². The van der Waals surface area contributed by atoms with Gasteiger partial charge in [0.15, 0.2) is 0 Å². The predicted molar refractivity (Wildman–Crippen MR) is 73.9 cm³/mol. The summed E-state index contributed by atoms with van der Waals surface area (Å²) in [5, 5.41) is 0. The third kappa shape index (κ3) is 6.58. The van der Waals surface area contributed by atoms with Crippen molar-refractivity contribution in [1.82, 2.24) is 0 Å².